The van der Waals surface area contributed by atoms with E-state index in [2.05, 4.69) is 40.9 Å². The molecule has 0 atom stereocenters. The van der Waals surface area contributed by atoms with Gasteiger partial charge in [-0.05, 0) is 36.2 Å². The van der Waals surface area contributed by atoms with Gasteiger partial charge in [0.1, 0.15) is 17.2 Å². The van der Waals surface area contributed by atoms with Gasteiger partial charge in [-0.3, -0.25) is 4.40 Å². The maximum absolute atomic E-state index is 6.43. The molecule has 1 N–H and O–H groups in total. The lowest BCUT2D eigenvalue weighted by Crippen LogP contribution is -2.03. The van der Waals surface area contributed by atoms with Crippen LogP contribution in [-0.4, -0.2) is 9.38 Å². The molecular formula is C21H18ClN3. The molecule has 0 unspecified atom stereocenters. The highest BCUT2D eigenvalue weighted by Crippen LogP contribution is 2.34. The molecule has 0 spiro atoms. The number of nitrogens with one attached hydrogen (secondary N) is 1. The zero-order valence-electron chi connectivity index (χ0n) is 13.9. The van der Waals surface area contributed by atoms with Crippen LogP contribution in [0.1, 0.15) is 11.1 Å². The van der Waals surface area contributed by atoms with Crippen LogP contribution < -0.4 is 5.32 Å². The fourth-order valence-electron chi connectivity index (χ4n) is 2.94. The van der Waals surface area contributed by atoms with E-state index in [0.717, 1.165) is 29.3 Å². The first-order chi connectivity index (χ1) is 12.2. The van der Waals surface area contributed by atoms with Gasteiger partial charge in [0.15, 0.2) is 0 Å². The summed E-state index contributed by atoms with van der Waals surface area (Å²) in [6.07, 6.45) is 2.05. The summed E-state index contributed by atoms with van der Waals surface area (Å²) >= 11 is 6.43. The third-order valence-corrected chi connectivity index (χ3v) is 4.54. The van der Waals surface area contributed by atoms with Crippen molar-refractivity contribution in [3.63, 3.8) is 0 Å². The van der Waals surface area contributed by atoms with Crippen LogP contribution in [-0.2, 0) is 6.54 Å². The SMILES string of the molecule is Cc1ccn2c(NCc3ccccc3)c(-c3ccccc3Cl)nc2c1. The van der Waals surface area contributed by atoms with Crippen LogP contribution in [0.4, 0.5) is 5.82 Å². The molecule has 3 nitrogen and oxygen atoms in total. The lowest BCUT2D eigenvalue weighted by Gasteiger charge is -2.10. The Morgan fingerprint density at radius 1 is 1.00 bits per heavy atom. The number of rotatable bonds is 4. The van der Waals surface area contributed by atoms with Gasteiger partial charge in [0, 0.05) is 18.3 Å². The first-order valence-electron chi connectivity index (χ1n) is 8.24. The third-order valence-electron chi connectivity index (χ3n) is 4.21. The zero-order chi connectivity index (χ0) is 17.2. The minimum atomic E-state index is 0.699. The van der Waals surface area contributed by atoms with Gasteiger partial charge in [-0.25, -0.2) is 4.98 Å². The molecule has 2 aromatic heterocycles. The van der Waals surface area contributed by atoms with Gasteiger partial charge < -0.3 is 5.32 Å². The van der Waals surface area contributed by atoms with Gasteiger partial charge in [-0.15, -0.1) is 0 Å². The van der Waals surface area contributed by atoms with E-state index < -0.39 is 0 Å². The van der Waals surface area contributed by atoms with Gasteiger partial charge in [-0.1, -0.05) is 60.1 Å². The molecule has 0 amide bonds. The van der Waals surface area contributed by atoms with E-state index >= 15 is 0 Å². The average molecular weight is 348 g/mol. The van der Waals surface area contributed by atoms with Gasteiger partial charge in [0.05, 0.1) is 5.02 Å². The second-order valence-corrected chi connectivity index (χ2v) is 6.47. The van der Waals surface area contributed by atoms with Gasteiger partial charge in [0.25, 0.3) is 0 Å². The molecule has 0 bridgehead atoms. The predicted molar refractivity (Wildman–Crippen MR) is 104 cm³/mol. The first kappa shape index (κ1) is 15.7. The maximum Gasteiger partial charge on any atom is 0.139 e. The largest absolute Gasteiger partial charge is 0.365 e. The summed E-state index contributed by atoms with van der Waals surface area (Å²) in [6.45, 7) is 2.79. The summed E-state index contributed by atoms with van der Waals surface area (Å²) in [5, 5.41) is 4.24. The molecule has 4 rings (SSSR count). The summed E-state index contributed by atoms with van der Waals surface area (Å²) in [7, 11) is 0. The van der Waals surface area contributed by atoms with Gasteiger partial charge in [0.2, 0.25) is 0 Å². The van der Waals surface area contributed by atoms with Crippen molar-refractivity contribution < 1.29 is 0 Å². The quantitative estimate of drug-likeness (QED) is 0.522. The topological polar surface area (TPSA) is 29.3 Å². The number of halogens is 1. The molecule has 4 aromatic rings. The highest BCUT2D eigenvalue weighted by atomic mass is 35.5. The summed E-state index contributed by atoms with van der Waals surface area (Å²) in [5.74, 6) is 0.951. The second kappa shape index (κ2) is 6.61. The standard InChI is InChI=1S/C21H18ClN3/c1-15-11-12-25-19(13-15)24-20(17-9-5-6-10-18(17)22)21(25)23-14-16-7-3-2-4-8-16/h2-13,23H,14H2,1H3. The Morgan fingerprint density at radius 2 is 1.76 bits per heavy atom. The number of hydrogen-bond donors (Lipinski definition) is 1. The number of imidazole rings is 1. The Balaban J connectivity index is 1.82. The van der Waals surface area contributed by atoms with E-state index in [1.54, 1.807) is 0 Å². The molecule has 2 aromatic carbocycles. The minimum Gasteiger partial charge on any atom is -0.365 e. The lowest BCUT2D eigenvalue weighted by molar-refractivity contribution is 1.08. The van der Waals surface area contributed by atoms with Crippen LogP contribution in [0.25, 0.3) is 16.9 Å². The smallest absolute Gasteiger partial charge is 0.139 e. The highest BCUT2D eigenvalue weighted by molar-refractivity contribution is 6.33. The molecule has 0 aliphatic carbocycles. The lowest BCUT2D eigenvalue weighted by atomic mass is 10.1. The molecule has 0 fully saturated rings. The molecule has 0 aliphatic heterocycles. The Morgan fingerprint density at radius 3 is 2.56 bits per heavy atom. The molecule has 25 heavy (non-hydrogen) atoms. The Bertz CT molecular complexity index is 1020. The van der Waals surface area contributed by atoms with Crippen molar-refractivity contribution in [1.82, 2.24) is 9.38 Å². The summed E-state index contributed by atoms with van der Waals surface area (Å²) in [4.78, 5) is 4.83. The van der Waals surface area contributed by atoms with E-state index in [4.69, 9.17) is 16.6 Å². The fourth-order valence-corrected chi connectivity index (χ4v) is 3.16. The van der Waals surface area contributed by atoms with Crippen molar-refractivity contribution in [2.75, 3.05) is 5.32 Å². The molecule has 0 saturated heterocycles. The number of benzene rings is 2. The predicted octanol–water partition coefficient (Wildman–Crippen LogP) is 5.58. The van der Waals surface area contributed by atoms with E-state index in [9.17, 15) is 0 Å². The normalized spacial score (nSPS) is 11.0. The molecule has 0 saturated carbocycles. The summed E-state index contributed by atoms with van der Waals surface area (Å²) in [5.41, 5.74) is 5.10. The van der Waals surface area contributed by atoms with Crippen LogP contribution in [0.15, 0.2) is 72.9 Å². The van der Waals surface area contributed by atoms with Crippen molar-refractivity contribution in [1.29, 1.82) is 0 Å². The molecular weight excluding hydrogens is 330 g/mol. The van der Waals surface area contributed by atoms with Gasteiger partial charge in [-0.2, -0.15) is 0 Å². The van der Waals surface area contributed by atoms with E-state index in [1.165, 1.54) is 11.1 Å². The van der Waals surface area contributed by atoms with Crippen LogP contribution in [0.5, 0.6) is 0 Å². The second-order valence-electron chi connectivity index (χ2n) is 6.06. The number of aryl methyl sites for hydroxylation is 1. The summed E-state index contributed by atoms with van der Waals surface area (Å²) in [6, 6.07) is 22.3. The van der Waals surface area contributed by atoms with Gasteiger partial charge >= 0.3 is 0 Å². The van der Waals surface area contributed by atoms with E-state index in [1.807, 2.05) is 48.7 Å². The first-order valence-corrected chi connectivity index (χ1v) is 8.61. The van der Waals surface area contributed by atoms with Crippen molar-refractivity contribution in [2.45, 2.75) is 13.5 Å². The number of anilines is 1. The summed E-state index contributed by atoms with van der Waals surface area (Å²) < 4.78 is 2.08. The zero-order valence-corrected chi connectivity index (χ0v) is 14.7. The van der Waals surface area contributed by atoms with Crippen LogP contribution in [0.2, 0.25) is 5.02 Å². The minimum absolute atomic E-state index is 0.699. The van der Waals surface area contributed by atoms with Crippen LogP contribution in [0.3, 0.4) is 0 Å². The van der Waals surface area contributed by atoms with Crippen molar-refractivity contribution in [2.24, 2.45) is 0 Å². The molecule has 0 radical (unpaired) electrons. The monoisotopic (exact) mass is 347 g/mol. The van der Waals surface area contributed by atoms with E-state index in [-0.39, 0.29) is 0 Å². The third kappa shape index (κ3) is 3.11. The fraction of sp³-hybridized carbons (Fsp3) is 0.0952. The molecule has 2 heterocycles. The van der Waals surface area contributed by atoms with Crippen LogP contribution >= 0.6 is 11.6 Å². The maximum atomic E-state index is 6.43. The molecule has 0 aliphatic rings. The number of pyridine rings is 1. The number of hydrogen-bond acceptors (Lipinski definition) is 2. The van der Waals surface area contributed by atoms with Crippen molar-refractivity contribution >= 4 is 23.1 Å². The average Bonchev–Trinajstić information content (AvgIpc) is 2.98. The Labute approximate surface area is 151 Å². The van der Waals surface area contributed by atoms with Crippen LogP contribution in [0, 0.1) is 6.92 Å². The molecule has 124 valence electrons. The Hall–Kier alpha value is -2.78. The Kier molecular flexibility index (Phi) is 4.16. The number of nitrogens with zero attached hydrogens (tertiary/aromatic N) is 2. The highest BCUT2D eigenvalue weighted by Gasteiger charge is 2.16. The van der Waals surface area contributed by atoms with E-state index in [0.29, 0.717) is 5.02 Å². The molecule has 4 heteroatoms. The van der Waals surface area contributed by atoms with Crippen molar-refractivity contribution in [3.05, 3.63) is 89.1 Å². The van der Waals surface area contributed by atoms with Crippen molar-refractivity contribution in [3.8, 4) is 11.3 Å². The number of aromatic nitrogens is 2. The number of fused-ring (bicyclic) bond motifs is 1.